The first kappa shape index (κ1) is 14.2. The third-order valence-electron chi connectivity index (χ3n) is 2.49. The number of aliphatic hydroxyl groups is 1. The van der Waals surface area contributed by atoms with E-state index >= 15 is 0 Å². The van der Waals surface area contributed by atoms with Gasteiger partial charge < -0.3 is 5.11 Å². The fourth-order valence-electron chi connectivity index (χ4n) is 1.73. The molecule has 0 atom stereocenters. The first-order valence-corrected chi connectivity index (χ1v) is 6.93. The Morgan fingerprint density at radius 2 is 2.24 bits per heavy atom. The van der Waals surface area contributed by atoms with Gasteiger partial charge in [0.05, 0.1) is 0 Å². The standard InChI is InChI=1S/C14H21NOS/c1-4-15(10-12(2)3)11-14-13(6-5-8-16)7-9-17-14/h7,9,12,16H,4,8,10-11H2,1-3H3. The molecule has 0 amide bonds. The number of aliphatic hydroxyl groups excluding tert-OH is 1. The minimum Gasteiger partial charge on any atom is -0.384 e. The van der Waals surface area contributed by atoms with Crippen LogP contribution in [0, 0.1) is 17.8 Å². The van der Waals surface area contributed by atoms with Crippen LogP contribution in [-0.2, 0) is 6.54 Å². The van der Waals surface area contributed by atoms with Gasteiger partial charge in [0.25, 0.3) is 0 Å². The molecule has 0 saturated heterocycles. The second kappa shape index (κ2) is 7.50. The number of hydrogen-bond acceptors (Lipinski definition) is 3. The van der Waals surface area contributed by atoms with Crippen LogP contribution in [0.1, 0.15) is 31.2 Å². The Labute approximate surface area is 108 Å². The lowest BCUT2D eigenvalue weighted by Gasteiger charge is -2.21. The summed E-state index contributed by atoms with van der Waals surface area (Å²) in [4.78, 5) is 3.73. The first-order chi connectivity index (χ1) is 8.17. The quantitative estimate of drug-likeness (QED) is 0.813. The van der Waals surface area contributed by atoms with Gasteiger partial charge in [-0.15, -0.1) is 11.3 Å². The van der Waals surface area contributed by atoms with E-state index in [-0.39, 0.29) is 6.61 Å². The minimum absolute atomic E-state index is 0.0707. The van der Waals surface area contributed by atoms with E-state index in [0.717, 1.165) is 25.2 Å². The molecule has 2 nitrogen and oxygen atoms in total. The zero-order chi connectivity index (χ0) is 12.7. The summed E-state index contributed by atoms with van der Waals surface area (Å²) in [5.41, 5.74) is 1.06. The molecule has 0 aliphatic heterocycles. The van der Waals surface area contributed by atoms with Crippen LogP contribution < -0.4 is 0 Å². The summed E-state index contributed by atoms with van der Waals surface area (Å²) in [6.07, 6.45) is 0. The number of rotatable bonds is 5. The lowest BCUT2D eigenvalue weighted by Crippen LogP contribution is -2.26. The minimum atomic E-state index is -0.0707. The van der Waals surface area contributed by atoms with Crippen LogP contribution in [0.5, 0.6) is 0 Å². The van der Waals surface area contributed by atoms with Crippen LogP contribution >= 0.6 is 11.3 Å². The fourth-order valence-corrected chi connectivity index (χ4v) is 2.61. The van der Waals surface area contributed by atoms with Crippen molar-refractivity contribution in [2.75, 3.05) is 19.7 Å². The van der Waals surface area contributed by atoms with E-state index in [0.29, 0.717) is 5.92 Å². The molecule has 17 heavy (non-hydrogen) atoms. The van der Waals surface area contributed by atoms with Crippen molar-refractivity contribution in [1.29, 1.82) is 0 Å². The van der Waals surface area contributed by atoms with Gasteiger partial charge in [-0.2, -0.15) is 0 Å². The summed E-state index contributed by atoms with van der Waals surface area (Å²) >= 11 is 1.74. The average Bonchev–Trinajstić information content (AvgIpc) is 2.72. The number of nitrogens with zero attached hydrogens (tertiary/aromatic N) is 1. The van der Waals surface area contributed by atoms with Crippen molar-refractivity contribution in [2.24, 2.45) is 5.92 Å². The number of thiophene rings is 1. The van der Waals surface area contributed by atoms with E-state index in [1.54, 1.807) is 11.3 Å². The molecule has 94 valence electrons. The van der Waals surface area contributed by atoms with E-state index < -0.39 is 0 Å². The summed E-state index contributed by atoms with van der Waals surface area (Å²) in [6.45, 7) is 9.73. The van der Waals surface area contributed by atoms with Gasteiger partial charge in [-0.25, -0.2) is 0 Å². The predicted molar refractivity (Wildman–Crippen MR) is 74.1 cm³/mol. The zero-order valence-corrected chi connectivity index (χ0v) is 11.7. The Hall–Kier alpha value is -0.820. The van der Waals surface area contributed by atoms with Crippen LogP contribution in [0.15, 0.2) is 11.4 Å². The maximum absolute atomic E-state index is 8.72. The molecule has 1 N–H and O–H groups in total. The molecule has 0 aromatic carbocycles. The Morgan fingerprint density at radius 3 is 2.82 bits per heavy atom. The molecule has 1 aromatic rings. The summed E-state index contributed by atoms with van der Waals surface area (Å²) < 4.78 is 0. The largest absolute Gasteiger partial charge is 0.384 e. The summed E-state index contributed by atoms with van der Waals surface area (Å²) in [7, 11) is 0. The third-order valence-corrected chi connectivity index (χ3v) is 3.39. The molecular weight excluding hydrogens is 230 g/mol. The lowest BCUT2D eigenvalue weighted by molar-refractivity contribution is 0.250. The van der Waals surface area contributed by atoms with Crippen molar-refractivity contribution < 1.29 is 5.11 Å². The third kappa shape index (κ3) is 4.91. The predicted octanol–water partition coefficient (Wildman–Crippen LogP) is 2.57. The molecular formula is C14H21NOS. The highest BCUT2D eigenvalue weighted by molar-refractivity contribution is 7.10. The van der Waals surface area contributed by atoms with Gasteiger partial charge in [-0.1, -0.05) is 32.6 Å². The van der Waals surface area contributed by atoms with Crippen LogP contribution in [0.3, 0.4) is 0 Å². The van der Waals surface area contributed by atoms with Gasteiger partial charge >= 0.3 is 0 Å². The van der Waals surface area contributed by atoms with E-state index in [1.165, 1.54) is 4.88 Å². The van der Waals surface area contributed by atoms with E-state index in [4.69, 9.17) is 5.11 Å². The summed E-state index contributed by atoms with van der Waals surface area (Å²) in [6, 6.07) is 2.03. The maximum atomic E-state index is 8.72. The highest BCUT2D eigenvalue weighted by Crippen LogP contribution is 2.18. The molecule has 0 unspecified atom stereocenters. The molecule has 0 fully saturated rings. The summed E-state index contributed by atoms with van der Waals surface area (Å²) in [5.74, 6) is 6.41. The van der Waals surface area contributed by atoms with E-state index in [9.17, 15) is 0 Å². The number of hydrogen-bond donors (Lipinski definition) is 1. The van der Waals surface area contributed by atoms with Crippen molar-refractivity contribution in [3.05, 3.63) is 21.9 Å². The van der Waals surface area contributed by atoms with Crippen LogP contribution in [0.2, 0.25) is 0 Å². The molecule has 1 rings (SSSR count). The van der Waals surface area contributed by atoms with Gasteiger partial charge in [-0.3, -0.25) is 4.90 Å². The Morgan fingerprint density at radius 1 is 1.47 bits per heavy atom. The monoisotopic (exact) mass is 251 g/mol. The Bertz CT molecular complexity index is 386. The molecule has 0 bridgehead atoms. The van der Waals surface area contributed by atoms with E-state index in [2.05, 4.69) is 42.9 Å². The van der Waals surface area contributed by atoms with Gasteiger partial charge in [0, 0.05) is 23.5 Å². The van der Waals surface area contributed by atoms with Crippen molar-refractivity contribution >= 4 is 11.3 Å². The maximum Gasteiger partial charge on any atom is 0.104 e. The van der Waals surface area contributed by atoms with Crippen molar-refractivity contribution in [2.45, 2.75) is 27.3 Å². The topological polar surface area (TPSA) is 23.5 Å². The van der Waals surface area contributed by atoms with Crippen molar-refractivity contribution in [3.63, 3.8) is 0 Å². The molecule has 0 aliphatic carbocycles. The molecule has 1 heterocycles. The normalized spacial score (nSPS) is 10.7. The fraction of sp³-hybridized carbons (Fsp3) is 0.571. The smallest absolute Gasteiger partial charge is 0.104 e. The molecule has 0 spiro atoms. The Kier molecular flexibility index (Phi) is 6.28. The van der Waals surface area contributed by atoms with Gasteiger partial charge in [0.15, 0.2) is 0 Å². The average molecular weight is 251 g/mol. The lowest BCUT2D eigenvalue weighted by atomic mass is 10.2. The van der Waals surface area contributed by atoms with Gasteiger partial charge in [-0.05, 0) is 23.9 Å². The zero-order valence-electron chi connectivity index (χ0n) is 10.9. The molecule has 0 radical (unpaired) electrons. The molecule has 0 aliphatic rings. The highest BCUT2D eigenvalue weighted by Gasteiger charge is 2.09. The Balaban J connectivity index is 2.69. The second-order valence-corrected chi connectivity index (χ2v) is 5.44. The van der Waals surface area contributed by atoms with Crippen LogP contribution in [0.25, 0.3) is 0 Å². The molecule has 0 saturated carbocycles. The van der Waals surface area contributed by atoms with Crippen LogP contribution in [-0.4, -0.2) is 29.7 Å². The second-order valence-electron chi connectivity index (χ2n) is 4.44. The highest BCUT2D eigenvalue weighted by atomic mass is 32.1. The van der Waals surface area contributed by atoms with Crippen molar-refractivity contribution in [3.8, 4) is 11.8 Å². The molecule has 3 heteroatoms. The van der Waals surface area contributed by atoms with E-state index in [1.807, 2.05) is 6.07 Å². The molecule has 1 aromatic heterocycles. The van der Waals surface area contributed by atoms with Crippen LogP contribution in [0.4, 0.5) is 0 Å². The first-order valence-electron chi connectivity index (χ1n) is 6.05. The van der Waals surface area contributed by atoms with Crippen molar-refractivity contribution in [1.82, 2.24) is 4.90 Å². The SMILES string of the molecule is CCN(Cc1sccc1C#CCO)CC(C)C. The van der Waals surface area contributed by atoms with Gasteiger partial charge in [0.2, 0.25) is 0 Å². The summed E-state index contributed by atoms with van der Waals surface area (Å²) in [5, 5.41) is 10.8. The van der Waals surface area contributed by atoms with Gasteiger partial charge in [0.1, 0.15) is 6.61 Å².